The molecule has 0 radical (unpaired) electrons. The molecule has 1 aliphatic rings. The summed E-state index contributed by atoms with van der Waals surface area (Å²) < 4.78 is 6.08. The lowest BCUT2D eigenvalue weighted by molar-refractivity contribution is -0.136. The van der Waals surface area contributed by atoms with Crippen LogP contribution in [0.2, 0.25) is 0 Å². The van der Waals surface area contributed by atoms with E-state index in [-0.39, 0.29) is 36.5 Å². The molecule has 5 rings (SSSR count). The van der Waals surface area contributed by atoms with Gasteiger partial charge >= 0.3 is 0 Å². The molecule has 0 unspecified atom stereocenters. The molecule has 0 saturated carbocycles. The lowest BCUT2D eigenvalue weighted by Gasteiger charge is -2.28. The van der Waals surface area contributed by atoms with Crippen molar-refractivity contribution in [3.8, 4) is 0 Å². The van der Waals surface area contributed by atoms with Gasteiger partial charge in [-0.3, -0.25) is 28.9 Å². The fraction of sp³-hybridized carbons (Fsp3) is 0.405. The van der Waals surface area contributed by atoms with Crippen molar-refractivity contribution in [3.63, 3.8) is 0 Å². The minimum absolute atomic E-state index is 0.0171. The molecule has 4 aromatic rings. The fourth-order valence-electron chi connectivity index (χ4n) is 5.84. The quantitative estimate of drug-likeness (QED) is 0.245. The van der Waals surface area contributed by atoms with Crippen LogP contribution in [0.4, 0.5) is 0 Å². The second-order valence-electron chi connectivity index (χ2n) is 13.3. The molecule has 14 heteroatoms. The molecular weight excluding hydrogens is 671 g/mol. The van der Waals surface area contributed by atoms with Gasteiger partial charge in [-0.15, -0.1) is 11.3 Å². The van der Waals surface area contributed by atoms with Gasteiger partial charge in [-0.1, -0.05) is 62.4 Å². The summed E-state index contributed by atoms with van der Waals surface area (Å²) in [4.78, 5) is 74.9. The zero-order valence-electron chi connectivity index (χ0n) is 29.5. The molecule has 4 atom stereocenters. The van der Waals surface area contributed by atoms with E-state index in [2.05, 4.69) is 26.3 Å². The minimum atomic E-state index is -0.992. The molecule has 1 aliphatic heterocycles. The van der Waals surface area contributed by atoms with Gasteiger partial charge in [0.05, 0.1) is 19.1 Å². The molecule has 0 saturated heterocycles. The molecule has 5 amide bonds. The Labute approximate surface area is 301 Å². The minimum Gasteiger partial charge on any atom is -0.460 e. The molecule has 0 spiro atoms. The van der Waals surface area contributed by atoms with Crippen LogP contribution >= 0.6 is 11.3 Å². The van der Waals surface area contributed by atoms with Gasteiger partial charge in [-0.05, 0) is 43.9 Å². The number of rotatable bonds is 5. The molecule has 2 aromatic heterocycles. The van der Waals surface area contributed by atoms with Gasteiger partial charge < -0.3 is 30.6 Å². The molecule has 0 fully saturated rings. The number of aromatic nitrogens is 1. The second-order valence-corrected chi connectivity index (χ2v) is 14.1. The van der Waals surface area contributed by atoms with Crippen molar-refractivity contribution in [1.82, 2.24) is 36.1 Å². The van der Waals surface area contributed by atoms with Crippen LogP contribution in [-0.2, 0) is 32.1 Å². The van der Waals surface area contributed by atoms with Crippen molar-refractivity contribution in [1.29, 1.82) is 0 Å². The van der Waals surface area contributed by atoms with Crippen molar-refractivity contribution < 1.29 is 28.4 Å². The van der Waals surface area contributed by atoms with Gasteiger partial charge in [0.1, 0.15) is 40.2 Å². The zero-order valence-corrected chi connectivity index (χ0v) is 30.3. The summed E-state index contributed by atoms with van der Waals surface area (Å²) in [7, 11) is 1.64. The predicted octanol–water partition coefficient (Wildman–Crippen LogP) is 3.03. The Morgan fingerprint density at radius 1 is 0.882 bits per heavy atom. The van der Waals surface area contributed by atoms with Crippen molar-refractivity contribution in [2.45, 2.75) is 64.8 Å². The van der Waals surface area contributed by atoms with E-state index >= 15 is 0 Å². The van der Waals surface area contributed by atoms with Crippen LogP contribution in [0.15, 0.2) is 70.5 Å². The van der Waals surface area contributed by atoms with Crippen LogP contribution in [-0.4, -0.2) is 89.1 Å². The van der Waals surface area contributed by atoms with E-state index in [0.29, 0.717) is 30.3 Å². The number of benzene rings is 2. The van der Waals surface area contributed by atoms with E-state index in [4.69, 9.17) is 4.42 Å². The van der Waals surface area contributed by atoms with Crippen LogP contribution in [0.3, 0.4) is 0 Å². The van der Waals surface area contributed by atoms with Crippen molar-refractivity contribution in [3.05, 3.63) is 88.1 Å². The zero-order chi connectivity index (χ0) is 36.7. The third kappa shape index (κ3) is 9.79. The number of furan rings is 1. The van der Waals surface area contributed by atoms with E-state index < -0.39 is 41.9 Å². The molecule has 270 valence electrons. The van der Waals surface area contributed by atoms with Gasteiger partial charge in [0.15, 0.2) is 0 Å². The van der Waals surface area contributed by atoms with Crippen LogP contribution in [0.5, 0.6) is 0 Å². The Hall–Kier alpha value is -5.08. The molecule has 13 nitrogen and oxygen atoms in total. The highest BCUT2D eigenvalue weighted by Crippen LogP contribution is 2.24. The third-order valence-corrected chi connectivity index (χ3v) is 9.70. The Balaban J connectivity index is 1.45. The van der Waals surface area contributed by atoms with Crippen LogP contribution in [0.25, 0.3) is 11.0 Å². The highest BCUT2D eigenvalue weighted by atomic mass is 32.1. The lowest BCUT2D eigenvalue weighted by Crippen LogP contribution is -2.57. The van der Waals surface area contributed by atoms with E-state index in [1.54, 1.807) is 33.2 Å². The second kappa shape index (κ2) is 16.8. The summed E-state index contributed by atoms with van der Waals surface area (Å²) in [5.41, 5.74) is 1.80. The van der Waals surface area contributed by atoms with E-state index in [1.807, 2.05) is 65.6 Å². The molecular formula is C37H45N7O6S. The maximum atomic E-state index is 13.8. The average Bonchev–Trinajstić information content (AvgIpc) is 3.76. The Morgan fingerprint density at radius 3 is 2.33 bits per heavy atom. The van der Waals surface area contributed by atoms with Crippen molar-refractivity contribution in [2.75, 3.05) is 26.7 Å². The highest BCUT2D eigenvalue weighted by molar-refractivity contribution is 7.09. The van der Waals surface area contributed by atoms with E-state index in [0.717, 1.165) is 16.5 Å². The normalized spacial score (nSPS) is 22.2. The predicted molar refractivity (Wildman–Crippen MR) is 194 cm³/mol. The average molecular weight is 716 g/mol. The van der Waals surface area contributed by atoms with Crippen LogP contribution in [0, 0.1) is 5.92 Å². The van der Waals surface area contributed by atoms with E-state index in [1.165, 1.54) is 23.2 Å². The summed E-state index contributed by atoms with van der Waals surface area (Å²) in [5.74, 6) is -1.91. The molecule has 0 aliphatic carbocycles. The number of carbonyl (C=O) groups is 5. The summed E-state index contributed by atoms with van der Waals surface area (Å²) in [6, 6.07) is 15.9. The van der Waals surface area contributed by atoms with Gasteiger partial charge in [0.25, 0.3) is 5.91 Å². The Kier molecular flexibility index (Phi) is 12.2. The molecule has 2 bridgehead atoms. The standard InChI is InChI=1S/C37H45N7O6S/c1-22(2)32-35(48)39-24(4)37(49)43(5)15-16-44(19-27-18-26-13-9-10-14-30(26)50-27)20-31(45)40-28(17-25-11-7-6-8-12-25)36-41-29(21-51-36)34(47)38-23(3)33(46)42-32/h6-14,18,21-24,28,32H,15-17,19-20H2,1-5H3,(H,38,47)(H,39,48)(H,40,45)(H,42,46)/t23-,24+,28-,32-/m0/s1. The first-order valence-electron chi connectivity index (χ1n) is 17.0. The number of para-hydroxylation sites is 1. The Bertz CT molecular complexity index is 1820. The number of likely N-dealkylation sites (N-methyl/N-ethyl adjacent to an activating group) is 1. The number of amides is 5. The van der Waals surface area contributed by atoms with Gasteiger partial charge in [-0.2, -0.15) is 0 Å². The summed E-state index contributed by atoms with van der Waals surface area (Å²) in [5, 5.41) is 14.3. The number of hydrogen-bond acceptors (Lipinski definition) is 9. The van der Waals surface area contributed by atoms with Crippen LogP contribution in [0.1, 0.15) is 60.6 Å². The number of hydrogen-bond donors (Lipinski definition) is 4. The van der Waals surface area contributed by atoms with E-state index in [9.17, 15) is 24.0 Å². The van der Waals surface area contributed by atoms with Crippen molar-refractivity contribution >= 4 is 51.8 Å². The maximum Gasteiger partial charge on any atom is 0.271 e. The SMILES string of the molecule is CC(C)[C@@H]1NC(=O)[C@H](C)NC(=O)c2csc(n2)[C@H](Cc2ccccc2)NC(=O)CN(Cc2cc3ccccc3o2)CCN(C)C(=O)[C@@H](C)NC1=O. The van der Waals surface area contributed by atoms with Crippen LogP contribution < -0.4 is 21.3 Å². The van der Waals surface area contributed by atoms with Crippen molar-refractivity contribution in [2.24, 2.45) is 5.92 Å². The number of carbonyl (C=O) groups excluding carboxylic acids is 5. The molecule has 51 heavy (non-hydrogen) atoms. The Morgan fingerprint density at radius 2 is 1.61 bits per heavy atom. The molecule has 2 aromatic carbocycles. The topological polar surface area (TPSA) is 166 Å². The largest absolute Gasteiger partial charge is 0.460 e. The highest BCUT2D eigenvalue weighted by Gasteiger charge is 2.31. The summed E-state index contributed by atoms with van der Waals surface area (Å²) >= 11 is 1.24. The first-order chi connectivity index (χ1) is 24.4. The number of fused-ring (bicyclic) bond motifs is 3. The number of nitrogens with zero attached hydrogens (tertiary/aromatic N) is 3. The first-order valence-corrected chi connectivity index (χ1v) is 17.9. The monoisotopic (exact) mass is 715 g/mol. The lowest BCUT2D eigenvalue weighted by atomic mass is 10.0. The summed E-state index contributed by atoms with van der Waals surface area (Å²) in [6.07, 6.45) is 0.427. The third-order valence-electron chi connectivity index (χ3n) is 8.74. The van der Waals surface area contributed by atoms with Gasteiger partial charge in [-0.25, -0.2) is 4.98 Å². The summed E-state index contributed by atoms with van der Waals surface area (Å²) in [6.45, 7) is 7.52. The van der Waals surface area contributed by atoms with Gasteiger partial charge in [0.2, 0.25) is 23.6 Å². The fourth-order valence-corrected chi connectivity index (χ4v) is 6.69. The van der Waals surface area contributed by atoms with Gasteiger partial charge in [0, 0.05) is 30.9 Å². The smallest absolute Gasteiger partial charge is 0.271 e. The number of thiazole rings is 1. The molecule has 3 heterocycles. The number of nitrogens with one attached hydrogen (secondary N) is 4. The first kappa shape index (κ1) is 37.2. The maximum absolute atomic E-state index is 13.8. The molecule has 4 N–H and O–H groups in total.